The lowest BCUT2D eigenvalue weighted by atomic mass is 9.78. The number of carboxylic acid groups (broad SMARTS) is 1. The molecule has 0 saturated carbocycles. The molecular formula is C21H25F3N2O6. The lowest BCUT2D eigenvalue weighted by molar-refractivity contribution is -0.315. The normalized spacial score (nSPS) is 28.0. The number of amides is 1. The first-order valence-corrected chi connectivity index (χ1v) is 10.6. The molecule has 3 aliphatic heterocycles. The summed E-state index contributed by atoms with van der Waals surface area (Å²) in [6, 6.07) is 4.63. The molecule has 1 amide bonds. The highest BCUT2D eigenvalue weighted by Crippen LogP contribution is 2.38. The van der Waals surface area contributed by atoms with Crippen molar-refractivity contribution in [1.29, 1.82) is 0 Å². The summed E-state index contributed by atoms with van der Waals surface area (Å²) in [5.74, 6) is -1.65. The number of ether oxygens (including phenoxy) is 1. The largest absolute Gasteiger partial charge is 0.506 e. The first-order valence-electron chi connectivity index (χ1n) is 10.6. The number of benzene rings is 1. The van der Waals surface area contributed by atoms with E-state index in [0.717, 1.165) is 18.6 Å². The molecule has 4 rings (SSSR count). The van der Waals surface area contributed by atoms with Gasteiger partial charge in [0.15, 0.2) is 0 Å². The van der Waals surface area contributed by atoms with E-state index in [0.29, 0.717) is 44.6 Å². The maximum absolute atomic E-state index is 13.5. The average Bonchev–Trinajstić information content (AvgIpc) is 3.20. The minimum Gasteiger partial charge on any atom is -0.450 e. The molecule has 176 valence electrons. The molecule has 0 aliphatic carbocycles. The first-order chi connectivity index (χ1) is 15.2. The quantitative estimate of drug-likeness (QED) is 0.531. The van der Waals surface area contributed by atoms with Crippen molar-refractivity contribution in [3.05, 3.63) is 35.4 Å². The molecule has 3 aliphatic rings. The van der Waals surface area contributed by atoms with Crippen LogP contribution in [0.1, 0.15) is 36.3 Å². The van der Waals surface area contributed by atoms with Crippen LogP contribution in [-0.4, -0.2) is 66.6 Å². The van der Waals surface area contributed by atoms with E-state index >= 15 is 0 Å². The zero-order valence-electron chi connectivity index (χ0n) is 17.3. The van der Waals surface area contributed by atoms with Gasteiger partial charge < -0.3 is 20.1 Å². The number of carbonyl (C=O) groups excluding carboxylic acids is 1. The van der Waals surface area contributed by atoms with Gasteiger partial charge in [-0.25, -0.2) is 14.6 Å². The van der Waals surface area contributed by atoms with Gasteiger partial charge in [-0.2, -0.15) is 13.2 Å². The molecule has 8 nitrogen and oxygen atoms in total. The molecule has 3 saturated heterocycles. The predicted molar refractivity (Wildman–Crippen MR) is 104 cm³/mol. The Labute approximate surface area is 182 Å². The Morgan fingerprint density at radius 3 is 2.38 bits per heavy atom. The molecule has 1 aromatic carbocycles. The zero-order chi connectivity index (χ0) is 22.9. The van der Waals surface area contributed by atoms with Crippen molar-refractivity contribution >= 4 is 12.1 Å². The van der Waals surface area contributed by atoms with Crippen LogP contribution >= 0.6 is 0 Å². The van der Waals surface area contributed by atoms with Crippen LogP contribution in [0.25, 0.3) is 0 Å². The van der Waals surface area contributed by atoms with Crippen molar-refractivity contribution in [2.24, 2.45) is 5.92 Å². The van der Waals surface area contributed by atoms with E-state index in [9.17, 15) is 22.8 Å². The number of likely N-dealkylation sites (tertiary alicyclic amines) is 1. The predicted octanol–water partition coefficient (Wildman–Crippen LogP) is 2.78. The van der Waals surface area contributed by atoms with Gasteiger partial charge in [0.1, 0.15) is 11.7 Å². The number of alkyl halides is 3. The van der Waals surface area contributed by atoms with Gasteiger partial charge in [-0.3, -0.25) is 4.79 Å². The molecule has 3 unspecified atom stereocenters. The van der Waals surface area contributed by atoms with E-state index in [4.69, 9.17) is 19.6 Å². The van der Waals surface area contributed by atoms with Crippen LogP contribution in [0.3, 0.4) is 0 Å². The molecule has 2 N–H and O–H groups in total. The molecule has 0 bridgehead atoms. The maximum atomic E-state index is 13.5. The lowest BCUT2D eigenvalue weighted by Crippen LogP contribution is -2.56. The van der Waals surface area contributed by atoms with Crippen molar-refractivity contribution in [1.82, 2.24) is 10.2 Å². The summed E-state index contributed by atoms with van der Waals surface area (Å²) in [6.07, 6.45) is -4.98. The zero-order valence-corrected chi connectivity index (χ0v) is 17.3. The standard InChI is InChI=1S/C21H25F3N2O6/c22-21(23,24)14-3-1-13(2-4-14)15-11-25-12-16(31-19(28)29)17(15)18(27)26-8-5-20(6-9-26)7-10-30-32-20/h1-4,15-17,25H,5-12H2,(H,28,29). The summed E-state index contributed by atoms with van der Waals surface area (Å²) in [6.45, 7) is 1.81. The fraction of sp³-hybridized carbons (Fsp3) is 0.619. The number of hydrogen-bond acceptors (Lipinski definition) is 6. The molecule has 3 fully saturated rings. The highest BCUT2D eigenvalue weighted by molar-refractivity contribution is 5.81. The second-order valence-corrected chi connectivity index (χ2v) is 8.50. The average molecular weight is 458 g/mol. The number of piperidine rings is 2. The number of carbonyl (C=O) groups is 2. The topological polar surface area (TPSA) is 97.3 Å². The van der Waals surface area contributed by atoms with E-state index < -0.39 is 41.4 Å². The first kappa shape index (κ1) is 22.8. The second kappa shape index (κ2) is 8.87. The minimum absolute atomic E-state index is 0.147. The van der Waals surface area contributed by atoms with Gasteiger partial charge in [-0.1, -0.05) is 12.1 Å². The molecule has 3 atom stereocenters. The van der Waals surface area contributed by atoms with Crippen molar-refractivity contribution in [2.75, 3.05) is 32.8 Å². The number of halogens is 3. The second-order valence-electron chi connectivity index (χ2n) is 8.50. The van der Waals surface area contributed by atoms with Gasteiger partial charge in [-0.05, 0) is 30.5 Å². The van der Waals surface area contributed by atoms with Crippen LogP contribution < -0.4 is 5.32 Å². The molecule has 1 aromatic rings. The van der Waals surface area contributed by atoms with Gasteiger partial charge in [0.25, 0.3) is 0 Å². The number of rotatable bonds is 3. The highest BCUT2D eigenvalue weighted by Gasteiger charge is 2.47. The Hall–Kier alpha value is -2.37. The minimum atomic E-state index is -4.47. The van der Waals surface area contributed by atoms with E-state index in [1.807, 2.05) is 0 Å². The Bertz CT molecular complexity index is 831. The van der Waals surface area contributed by atoms with Gasteiger partial charge in [0.2, 0.25) is 5.91 Å². The highest BCUT2D eigenvalue weighted by atomic mass is 19.4. The number of hydrogen-bond donors (Lipinski definition) is 2. The molecule has 0 radical (unpaired) electrons. The third-order valence-corrected chi connectivity index (χ3v) is 6.61. The maximum Gasteiger partial charge on any atom is 0.506 e. The van der Waals surface area contributed by atoms with Crippen LogP contribution in [0.2, 0.25) is 0 Å². The summed E-state index contributed by atoms with van der Waals surface area (Å²) in [5.41, 5.74) is -0.663. The van der Waals surface area contributed by atoms with Crippen LogP contribution in [-0.2, 0) is 25.5 Å². The monoisotopic (exact) mass is 458 g/mol. The van der Waals surface area contributed by atoms with E-state index in [-0.39, 0.29) is 12.5 Å². The fourth-order valence-corrected chi connectivity index (χ4v) is 4.83. The van der Waals surface area contributed by atoms with E-state index in [1.54, 1.807) is 4.90 Å². The summed E-state index contributed by atoms with van der Waals surface area (Å²) in [5, 5.41) is 12.2. The fourth-order valence-electron chi connectivity index (χ4n) is 4.83. The van der Waals surface area contributed by atoms with Crippen molar-refractivity contribution in [2.45, 2.75) is 43.1 Å². The smallest absolute Gasteiger partial charge is 0.450 e. The Kier molecular flexibility index (Phi) is 6.33. The van der Waals surface area contributed by atoms with Crippen LogP contribution in [0, 0.1) is 5.92 Å². The summed E-state index contributed by atoms with van der Waals surface area (Å²) < 4.78 is 43.9. The third kappa shape index (κ3) is 4.69. The van der Waals surface area contributed by atoms with Crippen LogP contribution in [0.4, 0.5) is 18.0 Å². The van der Waals surface area contributed by atoms with Gasteiger partial charge >= 0.3 is 12.3 Å². The SMILES string of the molecule is O=C(O)OC1CNCC(c2ccc(C(F)(F)F)cc2)C1C(=O)N1CCC2(CCOO2)CC1. The molecule has 0 aromatic heterocycles. The molecule has 11 heteroatoms. The van der Waals surface area contributed by atoms with E-state index in [2.05, 4.69) is 5.32 Å². The van der Waals surface area contributed by atoms with E-state index in [1.165, 1.54) is 12.1 Å². The lowest BCUT2D eigenvalue weighted by Gasteiger charge is -2.42. The Morgan fingerprint density at radius 2 is 1.81 bits per heavy atom. The summed E-state index contributed by atoms with van der Waals surface area (Å²) in [4.78, 5) is 36.9. The third-order valence-electron chi connectivity index (χ3n) is 6.61. The van der Waals surface area contributed by atoms with Gasteiger partial charge in [-0.15, -0.1) is 0 Å². The number of nitrogens with zero attached hydrogens (tertiary/aromatic N) is 1. The van der Waals surface area contributed by atoms with Crippen molar-refractivity contribution < 1.29 is 42.4 Å². The molecule has 1 spiro atoms. The van der Waals surface area contributed by atoms with Crippen LogP contribution in [0.5, 0.6) is 0 Å². The van der Waals surface area contributed by atoms with Gasteiger partial charge in [0.05, 0.1) is 18.1 Å². The van der Waals surface area contributed by atoms with Gasteiger partial charge in [0, 0.05) is 38.5 Å². The Balaban J connectivity index is 1.56. The molecular weight excluding hydrogens is 433 g/mol. The molecule has 32 heavy (non-hydrogen) atoms. The van der Waals surface area contributed by atoms with Crippen LogP contribution in [0.15, 0.2) is 24.3 Å². The van der Waals surface area contributed by atoms with Crippen molar-refractivity contribution in [3.8, 4) is 0 Å². The summed E-state index contributed by atoms with van der Waals surface area (Å²) in [7, 11) is 0. The number of nitrogens with one attached hydrogen (secondary N) is 1. The van der Waals surface area contributed by atoms with Crippen molar-refractivity contribution in [3.63, 3.8) is 0 Å². The molecule has 3 heterocycles. The Morgan fingerprint density at radius 1 is 1.12 bits per heavy atom. The summed E-state index contributed by atoms with van der Waals surface area (Å²) >= 11 is 0.